The molecule has 0 bridgehead atoms. The molecule has 102 valence electrons. The molecule has 0 radical (unpaired) electrons. The fourth-order valence-corrected chi connectivity index (χ4v) is 2.78. The number of nitrogens with one attached hydrogen (secondary N) is 1. The van der Waals surface area contributed by atoms with Gasteiger partial charge in [-0.25, -0.2) is 4.79 Å². The van der Waals surface area contributed by atoms with Crippen LogP contribution in [0.2, 0.25) is 0 Å². The average Bonchev–Trinajstić information content (AvgIpc) is 2.96. The van der Waals surface area contributed by atoms with Crippen molar-refractivity contribution < 1.29 is 9.53 Å². The zero-order chi connectivity index (χ0) is 14.1. The van der Waals surface area contributed by atoms with Crippen molar-refractivity contribution in [2.24, 2.45) is 0 Å². The monoisotopic (exact) mass is 267 g/mol. The van der Waals surface area contributed by atoms with E-state index in [4.69, 9.17) is 4.74 Å². The number of ether oxygens (including phenoxy) is 1. The summed E-state index contributed by atoms with van der Waals surface area (Å²) < 4.78 is 4.72. The number of hydrogen-bond acceptors (Lipinski definition) is 3. The van der Waals surface area contributed by atoms with Gasteiger partial charge in [0.2, 0.25) is 0 Å². The summed E-state index contributed by atoms with van der Waals surface area (Å²) in [5.74, 6) is -0.300. The van der Waals surface area contributed by atoms with E-state index in [0.29, 0.717) is 5.56 Å². The van der Waals surface area contributed by atoms with Crippen LogP contribution in [0.5, 0.6) is 0 Å². The van der Waals surface area contributed by atoms with Crippen molar-refractivity contribution in [1.29, 1.82) is 0 Å². The molecule has 1 heterocycles. The molecule has 0 saturated heterocycles. The van der Waals surface area contributed by atoms with Crippen molar-refractivity contribution in [3.63, 3.8) is 0 Å². The number of carbonyl (C=O) groups is 1. The van der Waals surface area contributed by atoms with Crippen molar-refractivity contribution in [2.45, 2.75) is 13.3 Å². The number of benzene rings is 2. The van der Waals surface area contributed by atoms with Crippen LogP contribution < -0.4 is 5.32 Å². The predicted molar refractivity (Wildman–Crippen MR) is 80.1 cm³/mol. The van der Waals surface area contributed by atoms with Gasteiger partial charge in [0.1, 0.15) is 0 Å². The zero-order valence-corrected chi connectivity index (χ0v) is 11.7. The summed E-state index contributed by atoms with van der Waals surface area (Å²) in [5.41, 5.74) is 6.90. The third kappa shape index (κ3) is 2.05. The first-order valence-corrected chi connectivity index (χ1v) is 6.76. The first kappa shape index (κ1) is 12.7. The van der Waals surface area contributed by atoms with Gasteiger partial charge in [0, 0.05) is 12.2 Å². The smallest absolute Gasteiger partial charge is 0.337 e. The van der Waals surface area contributed by atoms with E-state index in [1.807, 2.05) is 24.3 Å². The van der Waals surface area contributed by atoms with E-state index in [1.54, 1.807) is 0 Å². The molecule has 1 aliphatic heterocycles. The molecule has 0 amide bonds. The molecular weight excluding hydrogens is 250 g/mol. The number of carbonyl (C=O) groups excluding carboxylic acids is 1. The number of hydrogen-bond donors (Lipinski definition) is 1. The van der Waals surface area contributed by atoms with Gasteiger partial charge in [-0.15, -0.1) is 0 Å². The third-order valence-electron chi connectivity index (χ3n) is 3.91. The molecule has 0 unspecified atom stereocenters. The van der Waals surface area contributed by atoms with Crippen LogP contribution >= 0.6 is 0 Å². The van der Waals surface area contributed by atoms with Gasteiger partial charge >= 0.3 is 5.97 Å². The fourth-order valence-electron chi connectivity index (χ4n) is 2.78. The molecule has 0 aliphatic carbocycles. The summed E-state index contributed by atoms with van der Waals surface area (Å²) in [6.07, 6.45) is 1.08. The Balaban J connectivity index is 1.99. The van der Waals surface area contributed by atoms with Crippen molar-refractivity contribution >= 4 is 11.7 Å². The molecule has 0 aromatic heterocycles. The Morgan fingerprint density at radius 3 is 2.60 bits per heavy atom. The van der Waals surface area contributed by atoms with E-state index in [0.717, 1.165) is 18.5 Å². The minimum absolute atomic E-state index is 0.300. The van der Waals surface area contributed by atoms with Crippen LogP contribution in [-0.2, 0) is 11.2 Å². The molecule has 0 saturated carbocycles. The summed E-state index contributed by atoms with van der Waals surface area (Å²) in [5, 5.41) is 3.39. The van der Waals surface area contributed by atoms with Crippen LogP contribution in [0.3, 0.4) is 0 Å². The lowest BCUT2D eigenvalue weighted by Gasteiger charge is -2.11. The minimum Gasteiger partial charge on any atom is -0.465 e. The average molecular weight is 267 g/mol. The fraction of sp³-hybridized carbons (Fsp3) is 0.235. The molecule has 0 fully saturated rings. The first-order chi connectivity index (χ1) is 9.70. The van der Waals surface area contributed by atoms with E-state index < -0.39 is 0 Å². The quantitative estimate of drug-likeness (QED) is 0.847. The lowest BCUT2D eigenvalue weighted by Crippen LogP contribution is -2.00. The molecule has 2 aromatic carbocycles. The summed E-state index contributed by atoms with van der Waals surface area (Å²) in [6.45, 7) is 3.18. The summed E-state index contributed by atoms with van der Waals surface area (Å²) in [6, 6.07) is 11.9. The molecule has 1 aliphatic rings. The second-order valence-electron chi connectivity index (χ2n) is 5.01. The molecule has 3 nitrogen and oxygen atoms in total. The van der Waals surface area contributed by atoms with Crippen LogP contribution in [0, 0.1) is 6.92 Å². The standard InChI is InChI=1S/C17H17NO2/c1-11-14(7-8-16-15(11)9-10-18-16)12-3-5-13(6-4-12)17(19)20-2/h3-8,18H,9-10H2,1-2H3. The lowest BCUT2D eigenvalue weighted by atomic mass is 9.94. The van der Waals surface area contributed by atoms with Crippen LogP contribution in [0.1, 0.15) is 21.5 Å². The van der Waals surface area contributed by atoms with Crippen molar-refractivity contribution in [3.8, 4) is 11.1 Å². The van der Waals surface area contributed by atoms with Gasteiger partial charge in [-0.3, -0.25) is 0 Å². The Morgan fingerprint density at radius 2 is 1.90 bits per heavy atom. The van der Waals surface area contributed by atoms with Crippen LogP contribution in [0.15, 0.2) is 36.4 Å². The van der Waals surface area contributed by atoms with Gasteiger partial charge in [-0.1, -0.05) is 18.2 Å². The Hall–Kier alpha value is -2.29. The summed E-state index contributed by atoms with van der Waals surface area (Å²) >= 11 is 0. The molecule has 0 spiro atoms. The molecule has 1 N–H and O–H groups in total. The van der Waals surface area contributed by atoms with E-state index in [-0.39, 0.29) is 5.97 Å². The normalized spacial score (nSPS) is 12.7. The molecular formula is C17H17NO2. The second kappa shape index (κ2) is 5.00. The maximum atomic E-state index is 11.5. The Labute approximate surface area is 118 Å². The number of anilines is 1. The number of methoxy groups -OCH3 is 1. The highest BCUT2D eigenvalue weighted by atomic mass is 16.5. The predicted octanol–water partition coefficient (Wildman–Crippen LogP) is 3.42. The maximum absolute atomic E-state index is 11.5. The number of fused-ring (bicyclic) bond motifs is 1. The Bertz CT molecular complexity index is 659. The van der Waals surface area contributed by atoms with Gasteiger partial charge in [-0.05, 0) is 53.8 Å². The van der Waals surface area contributed by atoms with E-state index in [1.165, 1.54) is 29.5 Å². The van der Waals surface area contributed by atoms with Crippen molar-refractivity contribution in [1.82, 2.24) is 0 Å². The summed E-state index contributed by atoms with van der Waals surface area (Å²) in [4.78, 5) is 11.5. The van der Waals surface area contributed by atoms with E-state index >= 15 is 0 Å². The number of rotatable bonds is 2. The van der Waals surface area contributed by atoms with Gasteiger partial charge in [0.25, 0.3) is 0 Å². The number of esters is 1. The molecule has 2 aromatic rings. The highest BCUT2D eigenvalue weighted by Crippen LogP contribution is 2.33. The van der Waals surface area contributed by atoms with E-state index in [2.05, 4.69) is 24.4 Å². The van der Waals surface area contributed by atoms with Gasteiger partial charge in [-0.2, -0.15) is 0 Å². The molecule has 3 rings (SSSR count). The zero-order valence-electron chi connectivity index (χ0n) is 11.7. The van der Waals surface area contributed by atoms with Crippen molar-refractivity contribution in [3.05, 3.63) is 53.1 Å². The van der Waals surface area contributed by atoms with Crippen molar-refractivity contribution in [2.75, 3.05) is 19.0 Å². The SMILES string of the molecule is COC(=O)c1ccc(-c2ccc3c(c2C)CCN3)cc1. The first-order valence-electron chi connectivity index (χ1n) is 6.76. The van der Waals surface area contributed by atoms with Crippen LogP contribution in [-0.4, -0.2) is 19.6 Å². The van der Waals surface area contributed by atoms with Crippen LogP contribution in [0.25, 0.3) is 11.1 Å². The molecule has 0 atom stereocenters. The minimum atomic E-state index is -0.300. The largest absolute Gasteiger partial charge is 0.465 e. The van der Waals surface area contributed by atoms with Gasteiger partial charge < -0.3 is 10.1 Å². The third-order valence-corrected chi connectivity index (χ3v) is 3.91. The highest BCUT2D eigenvalue weighted by Gasteiger charge is 2.15. The second-order valence-corrected chi connectivity index (χ2v) is 5.01. The maximum Gasteiger partial charge on any atom is 0.337 e. The summed E-state index contributed by atoms with van der Waals surface area (Å²) in [7, 11) is 1.40. The van der Waals surface area contributed by atoms with Gasteiger partial charge in [0.05, 0.1) is 12.7 Å². The lowest BCUT2D eigenvalue weighted by molar-refractivity contribution is 0.0601. The molecule has 20 heavy (non-hydrogen) atoms. The Kier molecular flexibility index (Phi) is 3.18. The Morgan fingerprint density at radius 1 is 1.15 bits per heavy atom. The van der Waals surface area contributed by atoms with E-state index in [9.17, 15) is 4.79 Å². The highest BCUT2D eigenvalue weighted by molar-refractivity contribution is 5.90. The molecule has 3 heteroatoms. The van der Waals surface area contributed by atoms with Gasteiger partial charge in [0.15, 0.2) is 0 Å². The topological polar surface area (TPSA) is 38.3 Å². The van der Waals surface area contributed by atoms with Crippen LogP contribution in [0.4, 0.5) is 5.69 Å².